The van der Waals surface area contributed by atoms with Gasteiger partial charge in [-0.1, -0.05) is 56.3 Å². The highest BCUT2D eigenvalue weighted by Crippen LogP contribution is 2.24. The van der Waals surface area contributed by atoms with Gasteiger partial charge in [0.15, 0.2) is 0 Å². The van der Waals surface area contributed by atoms with E-state index in [0.717, 1.165) is 38.4 Å². The number of carbonyl (C=O) groups is 1. The van der Waals surface area contributed by atoms with Crippen molar-refractivity contribution in [1.82, 2.24) is 9.80 Å². The molecule has 0 saturated carbocycles. The van der Waals surface area contributed by atoms with E-state index in [1.54, 1.807) is 0 Å². The Kier molecular flexibility index (Phi) is 6.87. The highest BCUT2D eigenvalue weighted by molar-refractivity contribution is 5.95. The predicted octanol–water partition coefficient (Wildman–Crippen LogP) is 4.26. The Bertz CT molecular complexity index is 794. The van der Waals surface area contributed by atoms with Crippen molar-refractivity contribution in [3.63, 3.8) is 0 Å². The Morgan fingerprint density at radius 2 is 1.61 bits per heavy atom. The summed E-state index contributed by atoms with van der Waals surface area (Å²) < 4.78 is 0. The number of aryl methyl sites for hydroxylation is 1. The number of hydrogen-bond donors (Lipinski definition) is 1. The van der Waals surface area contributed by atoms with Gasteiger partial charge in [-0.05, 0) is 42.5 Å². The lowest BCUT2D eigenvalue weighted by Gasteiger charge is -2.37. The molecule has 3 rings (SSSR count). The van der Waals surface area contributed by atoms with E-state index in [-0.39, 0.29) is 11.9 Å². The van der Waals surface area contributed by atoms with Crippen molar-refractivity contribution >= 4 is 11.6 Å². The second kappa shape index (κ2) is 9.35. The third kappa shape index (κ3) is 5.00. The molecule has 0 aliphatic carbocycles. The van der Waals surface area contributed by atoms with Crippen molar-refractivity contribution in [2.45, 2.75) is 46.2 Å². The summed E-state index contributed by atoms with van der Waals surface area (Å²) in [5.41, 5.74) is 4.87. The minimum atomic E-state index is -0.124. The Morgan fingerprint density at radius 1 is 0.964 bits per heavy atom. The maximum atomic E-state index is 12.8. The molecule has 1 aliphatic rings. The Morgan fingerprint density at radius 3 is 2.29 bits per heavy atom. The highest BCUT2D eigenvalue weighted by atomic mass is 16.2. The van der Waals surface area contributed by atoms with Crippen molar-refractivity contribution in [3.05, 3.63) is 65.2 Å². The van der Waals surface area contributed by atoms with Crippen LogP contribution in [0, 0.1) is 6.92 Å². The maximum Gasteiger partial charge on any atom is 0.241 e. The molecule has 2 aromatic carbocycles. The fourth-order valence-corrected chi connectivity index (χ4v) is 3.85. The summed E-state index contributed by atoms with van der Waals surface area (Å²) >= 11 is 0. The lowest BCUT2D eigenvalue weighted by molar-refractivity contribution is -0.121. The Balaban J connectivity index is 1.54. The molecule has 4 heteroatoms. The van der Waals surface area contributed by atoms with Gasteiger partial charge in [0.25, 0.3) is 0 Å². The number of nitrogens with one attached hydrogen (secondary N) is 1. The first-order valence-electron chi connectivity index (χ1n) is 10.4. The first-order chi connectivity index (χ1) is 13.5. The number of nitrogens with zero attached hydrogens (tertiary/aromatic N) is 2. The van der Waals surface area contributed by atoms with Crippen LogP contribution in [0.15, 0.2) is 48.5 Å². The van der Waals surface area contributed by atoms with Crippen molar-refractivity contribution < 1.29 is 4.79 Å². The summed E-state index contributed by atoms with van der Waals surface area (Å²) in [6, 6.07) is 16.6. The van der Waals surface area contributed by atoms with Gasteiger partial charge >= 0.3 is 0 Å². The molecule has 1 N–H and O–H groups in total. The number of para-hydroxylation sites is 1. The van der Waals surface area contributed by atoms with Gasteiger partial charge in [0.1, 0.15) is 0 Å². The Labute approximate surface area is 169 Å². The zero-order chi connectivity index (χ0) is 20.1. The standard InChI is InChI=1S/C24H33N3O/c1-18(2)22-11-7-8-12-23(22)25-24(28)20(4)27-15-13-26(14-16-27)17-21-10-6-5-9-19(21)3/h5-12,18,20H,13-17H2,1-4H3,(H,25,28). The van der Waals surface area contributed by atoms with E-state index < -0.39 is 0 Å². The largest absolute Gasteiger partial charge is 0.324 e. The number of amides is 1. The van der Waals surface area contributed by atoms with E-state index in [9.17, 15) is 4.79 Å². The summed E-state index contributed by atoms with van der Waals surface area (Å²) in [6.45, 7) is 13.3. The number of benzene rings is 2. The second-order valence-corrected chi connectivity index (χ2v) is 8.15. The van der Waals surface area contributed by atoms with Crippen LogP contribution in [0.25, 0.3) is 0 Å². The van der Waals surface area contributed by atoms with Crippen molar-refractivity contribution in [3.8, 4) is 0 Å². The molecular weight excluding hydrogens is 346 g/mol. The van der Waals surface area contributed by atoms with E-state index in [4.69, 9.17) is 0 Å². The van der Waals surface area contributed by atoms with Crippen LogP contribution >= 0.6 is 0 Å². The van der Waals surface area contributed by atoms with Gasteiger partial charge in [0, 0.05) is 38.4 Å². The fourth-order valence-electron chi connectivity index (χ4n) is 3.85. The first-order valence-corrected chi connectivity index (χ1v) is 10.4. The molecule has 0 aromatic heterocycles. The van der Waals surface area contributed by atoms with Crippen molar-refractivity contribution in [2.24, 2.45) is 0 Å². The molecule has 0 bridgehead atoms. The van der Waals surface area contributed by atoms with Crippen LogP contribution in [0.1, 0.15) is 43.4 Å². The molecule has 150 valence electrons. The van der Waals surface area contributed by atoms with E-state index in [2.05, 4.69) is 66.2 Å². The number of piperazine rings is 1. The summed E-state index contributed by atoms with van der Waals surface area (Å²) in [5, 5.41) is 3.15. The van der Waals surface area contributed by atoms with Gasteiger partial charge in [-0.3, -0.25) is 14.6 Å². The lowest BCUT2D eigenvalue weighted by atomic mass is 10.0. The summed E-state index contributed by atoms with van der Waals surface area (Å²) in [4.78, 5) is 17.6. The molecule has 1 aliphatic heterocycles. The van der Waals surface area contributed by atoms with Gasteiger partial charge in [-0.2, -0.15) is 0 Å². The van der Waals surface area contributed by atoms with Crippen LogP contribution < -0.4 is 5.32 Å². The minimum Gasteiger partial charge on any atom is -0.324 e. The van der Waals surface area contributed by atoms with Crippen molar-refractivity contribution in [1.29, 1.82) is 0 Å². The smallest absolute Gasteiger partial charge is 0.241 e. The van der Waals surface area contributed by atoms with E-state index >= 15 is 0 Å². The lowest BCUT2D eigenvalue weighted by Crippen LogP contribution is -2.52. The molecule has 1 heterocycles. The van der Waals surface area contributed by atoms with Gasteiger partial charge in [0.2, 0.25) is 5.91 Å². The normalized spacial score (nSPS) is 16.9. The fraction of sp³-hybridized carbons (Fsp3) is 0.458. The maximum absolute atomic E-state index is 12.8. The van der Waals surface area contributed by atoms with E-state index in [1.807, 2.05) is 25.1 Å². The summed E-state index contributed by atoms with van der Waals surface area (Å²) in [7, 11) is 0. The zero-order valence-corrected chi connectivity index (χ0v) is 17.6. The molecule has 4 nitrogen and oxygen atoms in total. The highest BCUT2D eigenvalue weighted by Gasteiger charge is 2.26. The molecule has 1 atom stereocenters. The van der Waals surface area contributed by atoms with Crippen LogP contribution in [0.4, 0.5) is 5.69 Å². The van der Waals surface area contributed by atoms with Crippen LogP contribution in [-0.4, -0.2) is 47.9 Å². The first kappa shape index (κ1) is 20.6. The van der Waals surface area contributed by atoms with Gasteiger partial charge < -0.3 is 5.32 Å². The third-order valence-electron chi connectivity index (χ3n) is 5.83. The molecule has 1 amide bonds. The molecule has 1 saturated heterocycles. The molecule has 0 spiro atoms. The quantitative estimate of drug-likeness (QED) is 0.814. The molecular formula is C24H33N3O. The number of rotatable bonds is 6. The molecule has 0 radical (unpaired) electrons. The van der Waals surface area contributed by atoms with Crippen LogP contribution in [0.3, 0.4) is 0 Å². The van der Waals surface area contributed by atoms with Crippen LogP contribution in [0.5, 0.6) is 0 Å². The molecule has 2 aromatic rings. The molecule has 1 fully saturated rings. The average Bonchev–Trinajstić information content (AvgIpc) is 2.70. The Hall–Kier alpha value is -2.17. The van der Waals surface area contributed by atoms with Crippen molar-refractivity contribution in [2.75, 3.05) is 31.5 Å². The van der Waals surface area contributed by atoms with E-state index in [0.29, 0.717) is 5.92 Å². The summed E-state index contributed by atoms with van der Waals surface area (Å²) in [5.74, 6) is 0.470. The van der Waals surface area contributed by atoms with Gasteiger partial charge in [0.05, 0.1) is 6.04 Å². The topological polar surface area (TPSA) is 35.6 Å². The zero-order valence-electron chi connectivity index (χ0n) is 17.6. The minimum absolute atomic E-state index is 0.0838. The monoisotopic (exact) mass is 379 g/mol. The van der Waals surface area contributed by atoms with Gasteiger partial charge in [-0.15, -0.1) is 0 Å². The van der Waals surface area contributed by atoms with Crippen LogP contribution in [-0.2, 0) is 11.3 Å². The van der Waals surface area contributed by atoms with Gasteiger partial charge in [-0.25, -0.2) is 0 Å². The molecule has 28 heavy (non-hydrogen) atoms. The van der Waals surface area contributed by atoms with E-state index in [1.165, 1.54) is 16.7 Å². The predicted molar refractivity (Wildman–Crippen MR) is 117 cm³/mol. The third-order valence-corrected chi connectivity index (χ3v) is 5.83. The van der Waals surface area contributed by atoms with Crippen LogP contribution in [0.2, 0.25) is 0 Å². The summed E-state index contributed by atoms with van der Waals surface area (Å²) in [6.07, 6.45) is 0. The number of hydrogen-bond acceptors (Lipinski definition) is 3. The second-order valence-electron chi connectivity index (χ2n) is 8.15. The number of carbonyl (C=O) groups excluding carboxylic acids is 1. The number of anilines is 1. The molecule has 1 unspecified atom stereocenters. The average molecular weight is 380 g/mol. The SMILES string of the molecule is Cc1ccccc1CN1CCN(C(C)C(=O)Nc2ccccc2C(C)C)CC1.